The molecular weight excluding hydrogens is 206 g/mol. The molecule has 2 aliphatic carbocycles. The molecule has 90 valence electrons. The van der Waals surface area contributed by atoms with E-state index in [4.69, 9.17) is 5.11 Å². The molecule has 16 heavy (non-hydrogen) atoms. The molecule has 0 spiro atoms. The zero-order valence-corrected chi connectivity index (χ0v) is 9.66. The van der Waals surface area contributed by atoms with E-state index in [1.807, 2.05) is 0 Å². The summed E-state index contributed by atoms with van der Waals surface area (Å²) in [6.45, 7) is 2.14. The molecule has 0 bridgehead atoms. The van der Waals surface area contributed by atoms with Crippen molar-refractivity contribution in [1.29, 1.82) is 0 Å². The molecule has 0 aromatic rings. The van der Waals surface area contributed by atoms with Gasteiger partial charge in [0, 0.05) is 5.92 Å². The highest BCUT2D eigenvalue weighted by Gasteiger charge is 2.42. The van der Waals surface area contributed by atoms with Gasteiger partial charge in [0.1, 0.15) is 0 Å². The first-order chi connectivity index (χ1) is 7.51. The van der Waals surface area contributed by atoms with E-state index in [9.17, 15) is 9.59 Å². The largest absolute Gasteiger partial charge is 0.481 e. The van der Waals surface area contributed by atoms with Gasteiger partial charge in [-0.05, 0) is 38.0 Å². The Bertz CT molecular complexity index is 303. The molecular formula is C12H19NO3. The molecule has 0 radical (unpaired) electrons. The van der Waals surface area contributed by atoms with E-state index < -0.39 is 11.5 Å². The molecule has 0 aliphatic heterocycles. The molecule has 4 heteroatoms. The average Bonchev–Trinajstić information content (AvgIpc) is 2.08. The Morgan fingerprint density at radius 2 is 2.00 bits per heavy atom. The van der Waals surface area contributed by atoms with Gasteiger partial charge in [0.05, 0.1) is 12.0 Å². The summed E-state index contributed by atoms with van der Waals surface area (Å²) in [6, 6.07) is 0. The third kappa shape index (κ3) is 2.20. The number of rotatable bonds is 4. The monoisotopic (exact) mass is 225 g/mol. The SMILES string of the molecule is CC1CC(C(=O)NC2(CC(=O)O)CCC2)C1. The summed E-state index contributed by atoms with van der Waals surface area (Å²) in [4.78, 5) is 22.6. The fourth-order valence-corrected chi connectivity index (χ4v) is 2.72. The van der Waals surface area contributed by atoms with Crippen LogP contribution in [0.15, 0.2) is 0 Å². The number of carbonyl (C=O) groups is 2. The molecule has 0 aromatic carbocycles. The number of carboxylic acids is 1. The molecule has 2 fully saturated rings. The molecule has 0 heterocycles. The van der Waals surface area contributed by atoms with Gasteiger partial charge in [0.15, 0.2) is 0 Å². The van der Waals surface area contributed by atoms with Crippen LogP contribution in [-0.2, 0) is 9.59 Å². The van der Waals surface area contributed by atoms with E-state index in [1.165, 1.54) is 0 Å². The molecule has 0 aromatic heterocycles. The van der Waals surface area contributed by atoms with Crippen LogP contribution in [0.3, 0.4) is 0 Å². The molecule has 2 saturated carbocycles. The molecule has 2 N–H and O–H groups in total. The van der Waals surface area contributed by atoms with Gasteiger partial charge < -0.3 is 10.4 Å². The predicted octanol–water partition coefficient (Wildman–Crippen LogP) is 1.55. The first kappa shape index (κ1) is 11.4. The van der Waals surface area contributed by atoms with Crippen molar-refractivity contribution in [3.63, 3.8) is 0 Å². The second-order valence-corrected chi connectivity index (χ2v) is 5.47. The molecule has 0 unspecified atom stereocenters. The minimum atomic E-state index is -0.818. The molecule has 1 amide bonds. The zero-order chi connectivity index (χ0) is 11.8. The first-order valence-corrected chi connectivity index (χ1v) is 6.05. The number of aliphatic carboxylic acids is 1. The van der Waals surface area contributed by atoms with Gasteiger partial charge in [-0.3, -0.25) is 9.59 Å². The highest BCUT2D eigenvalue weighted by Crippen LogP contribution is 2.38. The smallest absolute Gasteiger partial charge is 0.305 e. The molecule has 2 aliphatic rings. The van der Waals surface area contributed by atoms with E-state index in [2.05, 4.69) is 12.2 Å². The van der Waals surface area contributed by atoms with E-state index >= 15 is 0 Å². The third-order valence-electron chi connectivity index (χ3n) is 3.93. The Kier molecular flexibility index (Phi) is 2.91. The Morgan fingerprint density at radius 3 is 2.38 bits per heavy atom. The maximum Gasteiger partial charge on any atom is 0.305 e. The summed E-state index contributed by atoms with van der Waals surface area (Å²) < 4.78 is 0. The summed E-state index contributed by atoms with van der Waals surface area (Å²) in [6.07, 6.45) is 4.63. The van der Waals surface area contributed by atoms with Crippen molar-refractivity contribution in [2.75, 3.05) is 0 Å². The van der Waals surface area contributed by atoms with Crippen LogP contribution in [0, 0.1) is 11.8 Å². The predicted molar refractivity (Wildman–Crippen MR) is 58.9 cm³/mol. The van der Waals surface area contributed by atoms with Gasteiger partial charge in [-0.1, -0.05) is 6.92 Å². The first-order valence-electron chi connectivity index (χ1n) is 6.05. The zero-order valence-electron chi connectivity index (χ0n) is 9.66. The fraction of sp³-hybridized carbons (Fsp3) is 0.833. The van der Waals surface area contributed by atoms with Crippen LogP contribution >= 0.6 is 0 Å². The quantitative estimate of drug-likeness (QED) is 0.762. The van der Waals surface area contributed by atoms with Crippen LogP contribution in [0.25, 0.3) is 0 Å². The standard InChI is InChI=1S/C12H19NO3/c1-8-5-9(6-8)11(16)13-12(3-2-4-12)7-10(14)15/h8-9H,2-7H2,1H3,(H,13,16)(H,14,15). The Morgan fingerprint density at radius 1 is 1.38 bits per heavy atom. The van der Waals surface area contributed by atoms with Gasteiger partial charge >= 0.3 is 5.97 Å². The van der Waals surface area contributed by atoms with Crippen molar-refractivity contribution in [2.45, 2.75) is 51.0 Å². The summed E-state index contributed by atoms with van der Waals surface area (Å²) in [5.41, 5.74) is -0.429. The van der Waals surface area contributed by atoms with E-state index in [0.29, 0.717) is 5.92 Å². The molecule has 0 saturated heterocycles. The molecule has 4 nitrogen and oxygen atoms in total. The third-order valence-corrected chi connectivity index (χ3v) is 3.93. The Balaban J connectivity index is 1.86. The minimum Gasteiger partial charge on any atom is -0.481 e. The van der Waals surface area contributed by atoms with Crippen molar-refractivity contribution >= 4 is 11.9 Å². The second-order valence-electron chi connectivity index (χ2n) is 5.47. The minimum absolute atomic E-state index is 0.0686. The van der Waals surface area contributed by atoms with Gasteiger partial charge in [-0.2, -0.15) is 0 Å². The number of hydrogen-bond acceptors (Lipinski definition) is 2. The number of amides is 1. The van der Waals surface area contributed by atoms with Crippen LogP contribution in [0.5, 0.6) is 0 Å². The molecule has 2 rings (SSSR count). The number of hydrogen-bond donors (Lipinski definition) is 2. The topological polar surface area (TPSA) is 66.4 Å². The maximum atomic E-state index is 11.9. The van der Waals surface area contributed by atoms with Gasteiger partial charge in [0.2, 0.25) is 5.91 Å². The van der Waals surface area contributed by atoms with Crippen molar-refractivity contribution < 1.29 is 14.7 Å². The van der Waals surface area contributed by atoms with Crippen LogP contribution in [0.2, 0.25) is 0 Å². The fourth-order valence-electron chi connectivity index (χ4n) is 2.72. The van der Waals surface area contributed by atoms with Crippen LogP contribution in [0.4, 0.5) is 0 Å². The van der Waals surface area contributed by atoms with Crippen molar-refractivity contribution in [2.24, 2.45) is 11.8 Å². The lowest BCUT2D eigenvalue weighted by Crippen LogP contribution is -2.57. The average molecular weight is 225 g/mol. The van der Waals surface area contributed by atoms with Crippen molar-refractivity contribution in [3.8, 4) is 0 Å². The summed E-state index contributed by atoms with van der Waals surface area (Å²) in [5, 5.41) is 11.8. The highest BCUT2D eigenvalue weighted by atomic mass is 16.4. The number of nitrogens with one attached hydrogen (secondary N) is 1. The summed E-state index contributed by atoms with van der Waals surface area (Å²) in [5.74, 6) is 0.0230. The van der Waals surface area contributed by atoms with Crippen LogP contribution < -0.4 is 5.32 Å². The van der Waals surface area contributed by atoms with Crippen LogP contribution in [-0.4, -0.2) is 22.5 Å². The number of carbonyl (C=O) groups excluding carboxylic acids is 1. The highest BCUT2D eigenvalue weighted by molar-refractivity contribution is 5.81. The number of carboxylic acid groups (broad SMARTS) is 1. The van der Waals surface area contributed by atoms with E-state index in [1.54, 1.807) is 0 Å². The molecule has 0 atom stereocenters. The summed E-state index contributed by atoms with van der Waals surface area (Å²) >= 11 is 0. The second kappa shape index (κ2) is 4.07. The Labute approximate surface area is 95.4 Å². The van der Waals surface area contributed by atoms with Crippen LogP contribution in [0.1, 0.15) is 45.4 Å². The van der Waals surface area contributed by atoms with Gasteiger partial charge in [-0.15, -0.1) is 0 Å². The summed E-state index contributed by atoms with van der Waals surface area (Å²) in [7, 11) is 0. The Hall–Kier alpha value is -1.06. The van der Waals surface area contributed by atoms with E-state index in [0.717, 1.165) is 32.1 Å². The van der Waals surface area contributed by atoms with E-state index in [-0.39, 0.29) is 18.2 Å². The lowest BCUT2D eigenvalue weighted by molar-refractivity contribution is -0.141. The maximum absolute atomic E-state index is 11.9. The lowest BCUT2D eigenvalue weighted by atomic mass is 9.71. The normalized spacial score (nSPS) is 31.1. The van der Waals surface area contributed by atoms with Gasteiger partial charge in [-0.25, -0.2) is 0 Å². The van der Waals surface area contributed by atoms with Gasteiger partial charge in [0.25, 0.3) is 0 Å². The lowest BCUT2D eigenvalue weighted by Gasteiger charge is -2.43. The van der Waals surface area contributed by atoms with Crippen molar-refractivity contribution in [3.05, 3.63) is 0 Å². The van der Waals surface area contributed by atoms with Crippen molar-refractivity contribution in [1.82, 2.24) is 5.32 Å².